The third kappa shape index (κ3) is 6.44. The van der Waals surface area contributed by atoms with Crippen LogP contribution in [0.4, 0.5) is 0 Å². The van der Waals surface area contributed by atoms with Gasteiger partial charge in [-0.15, -0.1) is 0 Å². The lowest BCUT2D eigenvalue weighted by Crippen LogP contribution is -2.30. The number of rotatable bonds is 8. The summed E-state index contributed by atoms with van der Waals surface area (Å²) in [6.45, 7) is 7.49. The van der Waals surface area contributed by atoms with Gasteiger partial charge in [-0.1, -0.05) is 20.3 Å². The van der Waals surface area contributed by atoms with Crippen LogP contribution in [0.1, 0.15) is 39.5 Å². The van der Waals surface area contributed by atoms with Crippen molar-refractivity contribution in [1.82, 2.24) is 5.32 Å². The van der Waals surface area contributed by atoms with Gasteiger partial charge >= 0.3 is 0 Å². The maximum atomic E-state index is 5.51. The number of hydrogen-bond acceptors (Lipinski definition) is 3. The molecule has 2 atom stereocenters. The molecule has 1 heterocycles. The largest absolute Gasteiger partial charge is 0.381 e. The summed E-state index contributed by atoms with van der Waals surface area (Å²) < 4.78 is 5.51. The Balaban J connectivity index is 1.81. The number of unbranched alkanes of at least 4 members (excludes halogenated alkanes) is 1. The molecule has 1 saturated heterocycles. The fourth-order valence-electron chi connectivity index (χ4n) is 1.79. The van der Waals surface area contributed by atoms with Crippen molar-refractivity contribution >= 4 is 11.8 Å². The Kier molecular flexibility index (Phi) is 7.49. The normalized spacial score (nSPS) is 26.0. The molecule has 1 rings (SSSR count). The monoisotopic (exact) mass is 231 g/mol. The van der Waals surface area contributed by atoms with Crippen LogP contribution in [0.5, 0.6) is 0 Å². The van der Waals surface area contributed by atoms with Crippen molar-refractivity contribution in [3.8, 4) is 0 Å². The van der Waals surface area contributed by atoms with Gasteiger partial charge in [0.1, 0.15) is 0 Å². The van der Waals surface area contributed by atoms with Gasteiger partial charge in [0.2, 0.25) is 0 Å². The summed E-state index contributed by atoms with van der Waals surface area (Å²) >= 11 is 2.09. The SMILES string of the molecule is CCCCOCCCNC1CSC(C)C1. The fourth-order valence-corrected chi connectivity index (χ4v) is 2.97. The van der Waals surface area contributed by atoms with Gasteiger partial charge in [-0.2, -0.15) is 11.8 Å². The molecule has 0 bridgehead atoms. The highest BCUT2D eigenvalue weighted by Crippen LogP contribution is 2.25. The van der Waals surface area contributed by atoms with Crippen LogP contribution in [0.2, 0.25) is 0 Å². The van der Waals surface area contributed by atoms with Gasteiger partial charge in [0.25, 0.3) is 0 Å². The first-order chi connectivity index (χ1) is 7.33. The van der Waals surface area contributed by atoms with Crippen LogP contribution in [0.25, 0.3) is 0 Å². The summed E-state index contributed by atoms with van der Waals surface area (Å²) in [4.78, 5) is 0. The van der Waals surface area contributed by atoms with Crippen molar-refractivity contribution in [3.05, 3.63) is 0 Å². The van der Waals surface area contributed by atoms with Crippen LogP contribution in [0, 0.1) is 0 Å². The van der Waals surface area contributed by atoms with Crippen molar-refractivity contribution in [2.24, 2.45) is 0 Å². The van der Waals surface area contributed by atoms with Crippen molar-refractivity contribution in [2.45, 2.75) is 50.8 Å². The van der Waals surface area contributed by atoms with E-state index in [9.17, 15) is 0 Å². The minimum atomic E-state index is 0.751. The molecular formula is C12H25NOS. The number of hydrogen-bond donors (Lipinski definition) is 1. The van der Waals surface area contributed by atoms with Crippen molar-refractivity contribution < 1.29 is 4.74 Å². The van der Waals surface area contributed by atoms with Crippen molar-refractivity contribution in [2.75, 3.05) is 25.5 Å². The average Bonchev–Trinajstić information content (AvgIpc) is 2.63. The number of ether oxygens (including phenoxy) is 1. The molecule has 90 valence electrons. The third-order valence-corrected chi connectivity index (χ3v) is 4.10. The molecule has 1 fully saturated rings. The molecule has 0 spiro atoms. The van der Waals surface area contributed by atoms with Gasteiger partial charge in [0.15, 0.2) is 0 Å². The molecule has 2 unspecified atom stereocenters. The molecule has 3 heteroatoms. The second-order valence-electron chi connectivity index (χ2n) is 4.35. The van der Waals surface area contributed by atoms with Gasteiger partial charge in [-0.25, -0.2) is 0 Å². The fraction of sp³-hybridized carbons (Fsp3) is 1.00. The average molecular weight is 231 g/mol. The van der Waals surface area contributed by atoms with Crippen LogP contribution in [0.15, 0.2) is 0 Å². The quantitative estimate of drug-likeness (QED) is 0.649. The molecule has 2 nitrogen and oxygen atoms in total. The molecule has 0 aromatic rings. The van der Waals surface area contributed by atoms with Crippen molar-refractivity contribution in [3.63, 3.8) is 0 Å². The predicted molar refractivity (Wildman–Crippen MR) is 68.7 cm³/mol. The Hall–Kier alpha value is 0.270. The third-order valence-electron chi connectivity index (χ3n) is 2.74. The summed E-state index contributed by atoms with van der Waals surface area (Å²) in [6, 6.07) is 0.751. The van der Waals surface area contributed by atoms with E-state index in [1.165, 1.54) is 25.0 Å². The highest BCUT2D eigenvalue weighted by atomic mass is 32.2. The lowest BCUT2D eigenvalue weighted by atomic mass is 10.2. The molecule has 0 aliphatic carbocycles. The van der Waals surface area contributed by atoms with E-state index in [1.54, 1.807) is 0 Å². The molecule has 15 heavy (non-hydrogen) atoms. The van der Waals surface area contributed by atoms with Gasteiger partial charge < -0.3 is 10.1 Å². The molecule has 1 N–H and O–H groups in total. The van der Waals surface area contributed by atoms with Crippen LogP contribution in [0.3, 0.4) is 0 Å². The van der Waals surface area contributed by atoms with E-state index in [0.717, 1.165) is 37.5 Å². The van der Waals surface area contributed by atoms with E-state index in [0.29, 0.717) is 0 Å². The molecule has 0 saturated carbocycles. The topological polar surface area (TPSA) is 21.3 Å². The Labute approximate surface area is 98.5 Å². The van der Waals surface area contributed by atoms with E-state index < -0.39 is 0 Å². The molecule has 0 aromatic carbocycles. The predicted octanol–water partition coefficient (Wildman–Crippen LogP) is 2.68. The standard InChI is InChI=1S/C12H25NOS/c1-3-4-7-14-8-5-6-13-12-9-11(2)15-10-12/h11-13H,3-10H2,1-2H3. The smallest absolute Gasteiger partial charge is 0.0478 e. The van der Waals surface area contributed by atoms with E-state index in [1.807, 2.05) is 0 Å². The van der Waals surface area contributed by atoms with Gasteiger partial charge in [0, 0.05) is 30.3 Å². The lowest BCUT2D eigenvalue weighted by molar-refractivity contribution is 0.128. The first-order valence-electron chi connectivity index (χ1n) is 6.25. The Morgan fingerprint density at radius 2 is 2.13 bits per heavy atom. The molecule has 0 amide bonds. The highest BCUT2D eigenvalue weighted by Gasteiger charge is 2.20. The van der Waals surface area contributed by atoms with E-state index in [2.05, 4.69) is 30.9 Å². The zero-order valence-electron chi connectivity index (χ0n) is 10.1. The summed E-state index contributed by atoms with van der Waals surface area (Å²) in [6.07, 6.45) is 4.92. The van der Waals surface area contributed by atoms with E-state index >= 15 is 0 Å². The second-order valence-corrected chi connectivity index (χ2v) is 5.82. The first kappa shape index (κ1) is 13.3. The maximum absolute atomic E-state index is 5.51. The second kappa shape index (κ2) is 8.43. The number of nitrogens with one attached hydrogen (secondary N) is 1. The van der Waals surface area contributed by atoms with E-state index in [4.69, 9.17) is 4.74 Å². The minimum Gasteiger partial charge on any atom is -0.381 e. The van der Waals surface area contributed by atoms with Crippen LogP contribution < -0.4 is 5.32 Å². The Morgan fingerprint density at radius 3 is 2.80 bits per heavy atom. The zero-order valence-corrected chi connectivity index (χ0v) is 10.9. The van der Waals surface area contributed by atoms with Crippen LogP contribution in [-0.2, 0) is 4.74 Å². The van der Waals surface area contributed by atoms with Gasteiger partial charge in [-0.3, -0.25) is 0 Å². The Morgan fingerprint density at radius 1 is 1.33 bits per heavy atom. The van der Waals surface area contributed by atoms with Crippen LogP contribution in [-0.4, -0.2) is 36.8 Å². The van der Waals surface area contributed by atoms with Gasteiger partial charge in [-0.05, 0) is 25.8 Å². The molecular weight excluding hydrogens is 206 g/mol. The van der Waals surface area contributed by atoms with E-state index in [-0.39, 0.29) is 0 Å². The highest BCUT2D eigenvalue weighted by molar-refractivity contribution is 8.00. The van der Waals surface area contributed by atoms with Crippen molar-refractivity contribution in [1.29, 1.82) is 0 Å². The molecule has 0 aromatic heterocycles. The zero-order chi connectivity index (χ0) is 10.9. The molecule has 0 radical (unpaired) electrons. The first-order valence-corrected chi connectivity index (χ1v) is 7.30. The van der Waals surface area contributed by atoms with Crippen LogP contribution >= 0.6 is 11.8 Å². The Bertz CT molecular complexity index is 155. The number of thioether (sulfide) groups is 1. The minimum absolute atomic E-state index is 0.751. The van der Waals surface area contributed by atoms with Gasteiger partial charge in [0.05, 0.1) is 0 Å². The summed E-state index contributed by atoms with van der Waals surface area (Å²) in [5, 5.41) is 4.45. The summed E-state index contributed by atoms with van der Waals surface area (Å²) in [5.41, 5.74) is 0. The summed E-state index contributed by atoms with van der Waals surface area (Å²) in [5.74, 6) is 1.29. The summed E-state index contributed by atoms with van der Waals surface area (Å²) in [7, 11) is 0. The molecule has 1 aliphatic heterocycles. The molecule has 1 aliphatic rings. The maximum Gasteiger partial charge on any atom is 0.0478 e. The lowest BCUT2D eigenvalue weighted by Gasteiger charge is -2.11.